The lowest BCUT2D eigenvalue weighted by atomic mass is 9.73. The van der Waals surface area contributed by atoms with Crippen molar-refractivity contribution in [1.82, 2.24) is 0 Å². The third-order valence-corrected chi connectivity index (χ3v) is 13.8. The molecule has 0 saturated carbocycles. The van der Waals surface area contributed by atoms with Crippen molar-refractivity contribution in [3.63, 3.8) is 0 Å². The van der Waals surface area contributed by atoms with Crippen LogP contribution in [0.5, 0.6) is 0 Å². The molecule has 0 aliphatic heterocycles. The molecule has 0 saturated heterocycles. The molecule has 2 aliphatic rings. The summed E-state index contributed by atoms with van der Waals surface area (Å²) in [5, 5.41) is 1.35. The molecule has 276 valence electrons. The predicted octanol–water partition coefficient (Wildman–Crippen LogP) is 15.7. The van der Waals surface area contributed by atoms with Crippen LogP contribution >= 0.6 is 11.3 Å². The van der Waals surface area contributed by atoms with E-state index in [0.29, 0.717) is 0 Å². The van der Waals surface area contributed by atoms with Gasteiger partial charge in [0.25, 0.3) is 0 Å². The van der Waals surface area contributed by atoms with Gasteiger partial charge in [0.05, 0.1) is 11.1 Å². The normalized spacial score (nSPS) is 14.5. The highest BCUT2D eigenvalue weighted by molar-refractivity contribution is 7.20. The first-order valence-electron chi connectivity index (χ1n) is 20.3. The fraction of sp³-hybridized carbons (Fsp3) is 0.0175. The van der Waals surface area contributed by atoms with Crippen LogP contribution in [0.4, 0.5) is 17.1 Å². The second-order valence-electron chi connectivity index (χ2n) is 15.6. The summed E-state index contributed by atoms with van der Waals surface area (Å²) in [6.45, 7) is 0. The molecule has 0 N–H and O–H groups in total. The lowest BCUT2D eigenvalue weighted by Gasteiger charge is -2.29. The van der Waals surface area contributed by atoms with Gasteiger partial charge < -0.3 is 4.90 Å². The molecule has 2 aliphatic carbocycles. The number of thiophene rings is 1. The quantitative estimate of drug-likeness (QED) is 0.163. The number of para-hydroxylation sites is 2. The van der Waals surface area contributed by atoms with Crippen LogP contribution in [-0.2, 0) is 5.41 Å². The number of nitrogens with zero attached hydrogens (tertiary/aromatic N) is 1. The monoisotopic (exact) mass is 767 g/mol. The number of anilines is 3. The van der Waals surface area contributed by atoms with E-state index >= 15 is 0 Å². The Balaban J connectivity index is 0.941. The van der Waals surface area contributed by atoms with E-state index in [1.54, 1.807) is 0 Å². The highest BCUT2D eigenvalue weighted by atomic mass is 32.1. The minimum atomic E-state index is -0.353. The van der Waals surface area contributed by atoms with Crippen molar-refractivity contribution in [3.05, 3.63) is 246 Å². The maximum Gasteiger partial charge on any atom is 0.0819 e. The first kappa shape index (κ1) is 33.8. The van der Waals surface area contributed by atoms with E-state index in [1.165, 1.54) is 87.3 Å². The van der Waals surface area contributed by atoms with Gasteiger partial charge in [-0.2, -0.15) is 0 Å². The van der Waals surface area contributed by atoms with Crippen molar-refractivity contribution in [3.8, 4) is 55.6 Å². The van der Waals surface area contributed by atoms with E-state index in [2.05, 4.69) is 229 Å². The zero-order valence-corrected chi connectivity index (χ0v) is 33.0. The molecule has 12 rings (SSSR count). The van der Waals surface area contributed by atoms with E-state index in [1.807, 2.05) is 11.3 Å². The first-order chi connectivity index (χ1) is 29.3. The molecule has 0 radical (unpaired) electrons. The molecule has 59 heavy (non-hydrogen) atoms. The van der Waals surface area contributed by atoms with Gasteiger partial charge in [0, 0.05) is 37.5 Å². The van der Waals surface area contributed by atoms with E-state index in [0.717, 1.165) is 17.1 Å². The van der Waals surface area contributed by atoms with Crippen molar-refractivity contribution >= 4 is 38.5 Å². The maximum atomic E-state index is 2.39. The summed E-state index contributed by atoms with van der Waals surface area (Å²) in [6.07, 6.45) is 0. The maximum absolute atomic E-state index is 2.39. The fourth-order valence-corrected chi connectivity index (χ4v) is 11.5. The third-order valence-electron chi connectivity index (χ3n) is 12.5. The lowest BCUT2D eigenvalue weighted by molar-refractivity contribution is 0.812. The number of fused-ring (bicyclic) bond motifs is 12. The minimum absolute atomic E-state index is 0.353. The summed E-state index contributed by atoms with van der Waals surface area (Å²) < 4.78 is 1.35. The van der Waals surface area contributed by atoms with Crippen LogP contribution in [0.3, 0.4) is 0 Å². The predicted molar refractivity (Wildman–Crippen MR) is 249 cm³/mol. The molecule has 10 aromatic rings. The summed E-state index contributed by atoms with van der Waals surface area (Å²) in [7, 11) is 0. The highest BCUT2D eigenvalue weighted by Gasteiger charge is 2.53. The third kappa shape index (κ3) is 5.03. The van der Waals surface area contributed by atoms with Gasteiger partial charge in [-0.15, -0.1) is 11.3 Å². The van der Waals surface area contributed by atoms with Crippen LogP contribution in [0.15, 0.2) is 224 Å². The molecule has 1 atom stereocenters. The Labute approximate surface area is 348 Å². The van der Waals surface area contributed by atoms with E-state index in [-0.39, 0.29) is 5.41 Å². The summed E-state index contributed by atoms with van der Waals surface area (Å²) in [4.78, 5) is 3.80. The summed E-state index contributed by atoms with van der Waals surface area (Å²) in [6, 6.07) is 82.4. The molecular weight excluding hydrogens is 731 g/mol. The zero-order valence-electron chi connectivity index (χ0n) is 32.2. The summed E-state index contributed by atoms with van der Waals surface area (Å²) in [5.74, 6) is 0. The highest BCUT2D eigenvalue weighted by Crippen LogP contribution is 2.66. The van der Waals surface area contributed by atoms with Gasteiger partial charge in [-0.1, -0.05) is 188 Å². The van der Waals surface area contributed by atoms with Crippen LogP contribution in [0.25, 0.3) is 65.7 Å². The van der Waals surface area contributed by atoms with Gasteiger partial charge in [0.15, 0.2) is 0 Å². The molecule has 1 aromatic heterocycles. The molecule has 0 amide bonds. The second kappa shape index (κ2) is 13.4. The van der Waals surface area contributed by atoms with Crippen LogP contribution in [-0.4, -0.2) is 0 Å². The Morgan fingerprint density at radius 1 is 0.322 bits per heavy atom. The van der Waals surface area contributed by atoms with Gasteiger partial charge in [0.1, 0.15) is 0 Å². The molecule has 2 heteroatoms. The summed E-state index contributed by atoms with van der Waals surface area (Å²) >= 11 is 1.96. The van der Waals surface area contributed by atoms with Gasteiger partial charge in [-0.25, -0.2) is 0 Å². The van der Waals surface area contributed by atoms with Crippen LogP contribution in [0, 0.1) is 0 Å². The van der Waals surface area contributed by atoms with Gasteiger partial charge in [-0.3, -0.25) is 0 Å². The van der Waals surface area contributed by atoms with Crippen molar-refractivity contribution in [2.75, 3.05) is 4.90 Å². The van der Waals surface area contributed by atoms with Crippen LogP contribution in [0.1, 0.15) is 21.6 Å². The number of rotatable bonds is 6. The molecule has 1 spiro atoms. The number of hydrogen-bond acceptors (Lipinski definition) is 2. The topological polar surface area (TPSA) is 3.24 Å². The lowest BCUT2D eigenvalue weighted by Crippen LogP contribution is -2.24. The van der Waals surface area contributed by atoms with E-state index in [9.17, 15) is 0 Å². The van der Waals surface area contributed by atoms with Crippen LogP contribution in [0.2, 0.25) is 0 Å². The van der Waals surface area contributed by atoms with Gasteiger partial charge in [0.2, 0.25) is 0 Å². The van der Waals surface area contributed by atoms with E-state index in [4.69, 9.17) is 0 Å². The van der Waals surface area contributed by atoms with Crippen molar-refractivity contribution in [1.29, 1.82) is 0 Å². The SMILES string of the molecule is c1ccc(-c2ccccc2N(c2ccccc2)c2ccc(-c3ccc(-c4cccc5c4-c4ccccc4C54c5ccccc5-c5c4sc4ccccc54)cc3)cc2)cc1. The Hall–Kier alpha value is -7.26. The van der Waals surface area contributed by atoms with E-state index < -0.39 is 0 Å². The average Bonchev–Trinajstić information content (AvgIpc) is 3.94. The zero-order chi connectivity index (χ0) is 38.9. The molecular formula is C57H37NS. The molecule has 0 fully saturated rings. The molecule has 1 unspecified atom stereocenters. The van der Waals surface area contributed by atoms with Crippen LogP contribution < -0.4 is 4.90 Å². The Bertz CT molecular complexity index is 3200. The van der Waals surface area contributed by atoms with Crippen molar-refractivity contribution in [2.24, 2.45) is 0 Å². The number of benzene rings is 9. The Morgan fingerprint density at radius 3 is 1.54 bits per heavy atom. The Kier molecular flexibility index (Phi) is 7.69. The summed E-state index contributed by atoms with van der Waals surface area (Å²) in [5.41, 5.74) is 19.9. The van der Waals surface area contributed by atoms with Crippen molar-refractivity contribution in [2.45, 2.75) is 5.41 Å². The largest absolute Gasteiger partial charge is 0.310 e. The van der Waals surface area contributed by atoms with Gasteiger partial charge in [-0.05, 0) is 97.6 Å². The van der Waals surface area contributed by atoms with Crippen molar-refractivity contribution < 1.29 is 0 Å². The average molecular weight is 768 g/mol. The smallest absolute Gasteiger partial charge is 0.0819 e. The Morgan fingerprint density at radius 2 is 0.814 bits per heavy atom. The molecule has 9 aromatic carbocycles. The fourth-order valence-electron chi connectivity index (χ4n) is 10.0. The number of hydrogen-bond donors (Lipinski definition) is 0. The molecule has 1 heterocycles. The molecule has 0 bridgehead atoms. The standard InChI is InChI=1S/C57H37NS/c1-3-16-40(17-4-1)44-20-9-13-28-52(44)58(42-18-5-2-6-19-42)43-36-34-39(35-37-43)38-30-32-41(33-31-38)45-24-15-27-51-54(45)46-21-7-11-25-49(46)57(51)50-26-12-8-22-47(50)55-48-23-10-14-29-53(48)59-56(55)57/h1-37H. The minimum Gasteiger partial charge on any atom is -0.310 e. The first-order valence-corrected chi connectivity index (χ1v) is 21.2. The van der Waals surface area contributed by atoms with Gasteiger partial charge >= 0.3 is 0 Å². The second-order valence-corrected chi connectivity index (χ2v) is 16.6. The molecule has 1 nitrogen and oxygen atoms in total.